The number of likely N-dealkylation sites (tertiary alicyclic amines) is 1. The number of nitrogens with zero attached hydrogens (tertiary/aromatic N) is 1. The smallest absolute Gasteiger partial charge is 0.0604 e. The van der Waals surface area contributed by atoms with E-state index in [1.807, 2.05) is 0 Å². The Kier molecular flexibility index (Phi) is 3.45. The van der Waals surface area contributed by atoms with E-state index in [1.54, 1.807) is 0 Å². The van der Waals surface area contributed by atoms with Crippen LogP contribution in [0.1, 0.15) is 33.1 Å². The van der Waals surface area contributed by atoms with Gasteiger partial charge in [-0.15, -0.1) is 0 Å². The molecular formula is C12H23NO. The van der Waals surface area contributed by atoms with Crippen LogP contribution in [-0.4, -0.2) is 37.2 Å². The third kappa shape index (κ3) is 2.12. The Bertz CT molecular complexity index is 177. The maximum absolute atomic E-state index is 5.78. The molecule has 2 aliphatic heterocycles. The van der Waals surface area contributed by atoms with E-state index >= 15 is 0 Å². The fourth-order valence-electron chi connectivity index (χ4n) is 2.90. The highest BCUT2D eigenvalue weighted by molar-refractivity contribution is 4.84. The van der Waals surface area contributed by atoms with Crippen molar-refractivity contribution < 1.29 is 4.74 Å². The zero-order valence-electron chi connectivity index (χ0n) is 9.54. The normalized spacial score (nSPS) is 36.4. The third-order valence-electron chi connectivity index (χ3n) is 4.05. The summed E-state index contributed by atoms with van der Waals surface area (Å²) < 4.78 is 5.78. The van der Waals surface area contributed by atoms with E-state index in [9.17, 15) is 0 Å². The van der Waals surface area contributed by atoms with E-state index in [0.29, 0.717) is 6.10 Å². The van der Waals surface area contributed by atoms with Crippen LogP contribution in [-0.2, 0) is 4.74 Å². The first-order valence-electron chi connectivity index (χ1n) is 6.15. The van der Waals surface area contributed by atoms with Crippen molar-refractivity contribution in [1.82, 2.24) is 4.90 Å². The van der Waals surface area contributed by atoms with Gasteiger partial charge in [0.25, 0.3) is 0 Å². The van der Waals surface area contributed by atoms with Crippen molar-refractivity contribution in [3.8, 4) is 0 Å². The Morgan fingerprint density at radius 3 is 2.86 bits per heavy atom. The Morgan fingerprint density at radius 1 is 1.43 bits per heavy atom. The standard InChI is InChI=1S/C12H23NO/c1-3-13-7-6-11(9-13)10(2)12-5-4-8-14-12/h10-12H,3-9H2,1-2H3. The highest BCUT2D eigenvalue weighted by atomic mass is 16.5. The van der Waals surface area contributed by atoms with Crippen molar-refractivity contribution >= 4 is 0 Å². The van der Waals surface area contributed by atoms with Crippen LogP contribution in [0, 0.1) is 11.8 Å². The van der Waals surface area contributed by atoms with E-state index in [-0.39, 0.29) is 0 Å². The summed E-state index contributed by atoms with van der Waals surface area (Å²) >= 11 is 0. The molecule has 0 N–H and O–H groups in total. The molecule has 14 heavy (non-hydrogen) atoms. The van der Waals surface area contributed by atoms with Crippen molar-refractivity contribution in [2.45, 2.75) is 39.2 Å². The average molecular weight is 197 g/mol. The Labute approximate surface area is 87.6 Å². The SMILES string of the molecule is CCN1CCC(C(C)C2CCCO2)C1. The van der Waals surface area contributed by atoms with Crippen molar-refractivity contribution in [1.29, 1.82) is 0 Å². The van der Waals surface area contributed by atoms with Gasteiger partial charge in [-0.3, -0.25) is 0 Å². The zero-order valence-corrected chi connectivity index (χ0v) is 9.54. The van der Waals surface area contributed by atoms with Crippen molar-refractivity contribution in [3.05, 3.63) is 0 Å². The molecule has 2 fully saturated rings. The molecule has 0 aromatic rings. The first-order valence-corrected chi connectivity index (χ1v) is 6.15. The van der Waals surface area contributed by atoms with Gasteiger partial charge in [0.1, 0.15) is 0 Å². The molecule has 2 rings (SSSR count). The first kappa shape index (κ1) is 10.4. The molecule has 0 aromatic heterocycles. The van der Waals surface area contributed by atoms with Crippen molar-refractivity contribution in [2.24, 2.45) is 11.8 Å². The molecule has 0 amide bonds. The summed E-state index contributed by atoms with van der Waals surface area (Å²) in [6, 6.07) is 0. The van der Waals surface area contributed by atoms with Gasteiger partial charge in [-0.25, -0.2) is 0 Å². The summed E-state index contributed by atoms with van der Waals surface area (Å²) in [5, 5.41) is 0. The Balaban J connectivity index is 1.83. The van der Waals surface area contributed by atoms with E-state index < -0.39 is 0 Å². The van der Waals surface area contributed by atoms with Gasteiger partial charge in [0.2, 0.25) is 0 Å². The molecule has 2 aliphatic rings. The summed E-state index contributed by atoms with van der Waals surface area (Å²) in [5.74, 6) is 1.66. The molecule has 2 nitrogen and oxygen atoms in total. The number of hydrogen-bond donors (Lipinski definition) is 0. The van der Waals surface area contributed by atoms with Crippen LogP contribution in [0.4, 0.5) is 0 Å². The van der Waals surface area contributed by atoms with Crippen LogP contribution in [0.2, 0.25) is 0 Å². The maximum atomic E-state index is 5.78. The summed E-state index contributed by atoms with van der Waals surface area (Å²) in [5.41, 5.74) is 0. The number of hydrogen-bond acceptors (Lipinski definition) is 2. The Morgan fingerprint density at radius 2 is 2.29 bits per heavy atom. The monoisotopic (exact) mass is 197 g/mol. The van der Waals surface area contributed by atoms with Gasteiger partial charge in [-0.2, -0.15) is 0 Å². The van der Waals surface area contributed by atoms with E-state index in [2.05, 4.69) is 18.7 Å². The van der Waals surface area contributed by atoms with E-state index in [1.165, 1.54) is 38.9 Å². The van der Waals surface area contributed by atoms with Gasteiger partial charge < -0.3 is 9.64 Å². The van der Waals surface area contributed by atoms with Crippen molar-refractivity contribution in [2.75, 3.05) is 26.2 Å². The minimum absolute atomic E-state index is 0.566. The van der Waals surface area contributed by atoms with Gasteiger partial charge >= 0.3 is 0 Å². The molecule has 0 aliphatic carbocycles. The molecule has 0 aromatic carbocycles. The van der Waals surface area contributed by atoms with Crippen LogP contribution in [0.5, 0.6) is 0 Å². The first-order chi connectivity index (χ1) is 6.81. The van der Waals surface area contributed by atoms with Gasteiger partial charge in [-0.1, -0.05) is 13.8 Å². The molecule has 3 atom stereocenters. The minimum Gasteiger partial charge on any atom is -0.378 e. The molecule has 0 radical (unpaired) electrons. The van der Waals surface area contributed by atoms with Crippen molar-refractivity contribution in [3.63, 3.8) is 0 Å². The molecule has 2 saturated heterocycles. The highest BCUT2D eigenvalue weighted by Crippen LogP contribution is 2.31. The average Bonchev–Trinajstić information content (AvgIpc) is 2.88. The predicted octanol–water partition coefficient (Wildman–Crippen LogP) is 2.14. The number of ether oxygens (including phenoxy) is 1. The zero-order chi connectivity index (χ0) is 9.97. The van der Waals surface area contributed by atoms with E-state index in [4.69, 9.17) is 4.74 Å². The molecule has 2 heteroatoms. The van der Waals surface area contributed by atoms with Crippen LogP contribution in [0.25, 0.3) is 0 Å². The van der Waals surface area contributed by atoms with Gasteiger partial charge in [0.15, 0.2) is 0 Å². The molecule has 0 saturated carbocycles. The third-order valence-corrected chi connectivity index (χ3v) is 4.05. The van der Waals surface area contributed by atoms with E-state index in [0.717, 1.165) is 18.4 Å². The minimum atomic E-state index is 0.566. The summed E-state index contributed by atoms with van der Waals surface area (Å²) in [6.45, 7) is 9.47. The molecule has 0 bridgehead atoms. The van der Waals surface area contributed by atoms with Crippen LogP contribution < -0.4 is 0 Å². The Hall–Kier alpha value is -0.0800. The van der Waals surface area contributed by atoms with Gasteiger partial charge in [0, 0.05) is 13.2 Å². The second-order valence-corrected chi connectivity index (χ2v) is 4.85. The fourth-order valence-corrected chi connectivity index (χ4v) is 2.90. The molecular weight excluding hydrogens is 174 g/mol. The van der Waals surface area contributed by atoms with Crippen LogP contribution in [0.15, 0.2) is 0 Å². The second kappa shape index (κ2) is 4.63. The highest BCUT2D eigenvalue weighted by Gasteiger charge is 2.32. The summed E-state index contributed by atoms with van der Waals surface area (Å²) in [4.78, 5) is 2.57. The molecule has 2 heterocycles. The second-order valence-electron chi connectivity index (χ2n) is 4.85. The van der Waals surface area contributed by atoms with Gasteiger partial charge in [-0.05, 0) is 44.2 Å². The maximum Gasteiger partial charge on any atom is 0.0604 e. The van der Waals surface area contributed by atoms with Crippen LogP contribution >= 0.6 is 0 Å². The lowest BCUT2D eigenvalue weighted by atomic mass is 9.87. The lowest BCUT2D eigenvalue weighted by Crippen LogP contribution is -2.28. The van der Waals surface area contributed by atoms with Gasteiger partial charge in [0.05, 0.1) is 6.10 Å². The fraction of sp³-hybridized carbons (Fsp3) is 1.00. The molecule has 0 spiro atoms. The predicted molar refractivity (Wildman–Crippen MR) is 58.4 cm³/mol. The lowest BCUT2D eigenvalue weighted by molar-refractivity contribution is 0.0472. The summed E-state index contributed by atoms with van der Waals surface area (Å²) in [7, 11) is 0. The topological polar surface area (TPSA) is 12.5 Å². The van der Waals surface area contributed by atoms with Crippen LogP contribution in [0.3, 0.4) is 0 Å². The molecule has 82 valence electrons. The summed E-state index contributed by atoms with van der Waals surface area (Å²) in [6.07, 6.45) is 4.52. The lowest BCUT2D eigenvalue weighted by Gasteiger charge is -2.24. The largest absolute Gasteiger partial charge is 0.378 e. The molecule has 3 unspecified atom stereocenters. The quantitative estimate of drug-likeness (QED) is 0.687. The number of rotatable bonds is 3.